The average molecular weight is 287 g/mol. The molecule has 116 valence electrons. The number of hydrogen-bond donors (Lipinski definition) is 1. The Labute approximate surface area is 120 Å². The summed E-state index contributed by atoms with van der Waals surface area (Å²) in [5, 5.41) is 3.15. The minimum Gasteiger partial charge on any atom is -0.468 e. The molecule has 1 heterocycles. The van der Waals surface area contributed by atoms with Gasteiger partial charge in [-0.2, -0.15) is 0 Å². The summed E-state index contributed by atoms with van der Waals surface area (Å²) in [5.41, 5.74) is -0.958. The maximum atomic E-state index is 12.0. The molecule has 0 aromatic heterocycles. The van der Waals surface area contributed by atoms with Crippen LogP contribution in [0.3, 0.4) is 0 Å². The second-order valence-electron chi connectivity index (χ2n) is 6.09. The Hall–Kier alpha value is -1.14. The minimum atomic E-state index is -0.508. The van der Waals surface area contributed by atoms with E-state index in [-0.39, 0.29) is 24.9 Å². The SMILES string of the molecule is COC(=O)CNC1(CC(=O)OC(C)(C)C)CCOCC1. The molecule has 0 atom stereocenters. The maximum absolute atomic E-state index is 12.0. The van der Waals surface area contributed by atoms with Crippen LogP contribution in [0.1, 0.15) is 40.0 Å². The third kappa shape index (κ3) is 5.88. The van der Waals surface area contributed by atoms with Crippen LogP contribution >= 0.6 is 0 Å². The quantitative estimate of drug-likeness (QED) is 0.761. The Morgan fingerprint density at radius 2 is 1.80 bits per heavy atom. The number of methoxy groups -OCH3 is 1. The Morgan fingerprint density at radius 3 is 2.30 bits per heavy atom. The van der Waals surface area contributed by atoms with Crippen molar-refractivity contribution in [1.82, 2.24) is 5.32 Å². The zero-order chi connectivity index (χ0) is 15.2. The van der Waals surface area contributed by atoms with E-state index in [0.29, 0.717) is 26.1 Å². The first kappa shape index (κ1) is 16.9. The summed E-state index contributed by atoms with van der Waals surface area (Å²) >= 11 is 0. The van der Waals surface area contributed by atoms with Crippen LogP contribution in [0.2, 0.25) is 0 Å². The molecule has 0 spiro atoms. The van der Waals surface area contributed by atoms with E-state index < -0.39 is 11.1 Å². The third-order valence-corrected chi connectivity index (χ3v) is 3.19. The van der Waals surface area contributed by atoms with Gasteiger partial charge in [-0.15, -0.1) is 0 Å². The van der Waals surface area contributed by atoms with Gasteiger partial charge in [-0.05, 0) is 33.6 Å². The molecule has 1 aliphatic heterocycles. The van der Waals surface area contributed by atoms with Gasteiger partial charge in [0.25, 0.3) is 0 Å². The first-order valence-corrected chi connectivity index (χ1v) is 6.88. The molecule has 6 nitrogen and oxygen atoms in total. The van der Waals surface area contributed by atoms with Crippen LogP contribution in [0, 0.1) is 0 Å². The highest BCUT2D eigenvalue weighted by Gasteiger charge is 2.36. The molecule has 1 saturated heterocycles. The number of rotatable bonds is 5. The Bertz CT molecular complexity index is 342. The maximum Gasteiger partial charge on any atom is 0.319 e. The normalized spacial score (nSPS) is 18.4. The third-order valence-electron chi connectivity index (χ3n) is 3.19. The monoisotopic (exact) mass is 287 g/mol. The summed E-state index contributed by atoms with van der Waals surface area (Å²) in [7, 11) is 1.34. The summed E-state index contributed by atoms with van der Waals surface area (Å²) in [4.78, 5) is 23.3. The number of ether oxygens (including phenoxy) is 3. The molecule has 1 fully saturated rings. The highest BCUT2D eigenvalue weighted by atomic mass is 16.6. The van der Waals surface area contributed by atoms with E-state index in [1.165, 1.54) is 7.11 Å². The van der Waals surface area contributed by atoms with Crippen molar-refractivity contribution in [2.75, 3.05) is 26.9 Å². The van der Waals surface area contributed by atoms with E-state index in [1.54, 1.807) is 0 Å². The Morgan fingerprint density at radius 1 is 1.20 bits per heavy atom. The van der Waals surface area contributed by atoms with E-state index in [4.69, 9.17) is 9.47 Å². The fourth-order valence-corrected chi connectivity index (χ4v) is 2.16. The molecule has 0 amide bonds. The summed E-state index contributed by atoms with van der Waals surface area (Å²) in [5.74, 6) is -0.614. The van der Waals surface area contributed by atoms with Crippen LogP contribution in [-0.2, 0) is 23.8 Å². The fraction of sp³-hybridized carbons (Fsp3) is 0.857. The number of nitrogens with one attached hydrogen (secondary N) is 1. The van der Waals surface area contributed by atoms with Crippen molar-refractivity contribution in [2.45, 2.75) is 51.2 Å². The van der Waals surface area contributed by atoms with E-state index >= 15 is 0 Å². The number of carbonyl (C=O) groups excluding carboxylic acids is 2. The van der Waals surface area contributed by atoms with Crippen molar-refractivity contribution in [3.8, 4) is 0 Å². The van der Waals surface area contributed by atoms with Crippen LogP contribution in [0.15, 0.2) is 0 Å². The summed E-state index contributed by atoms with van der Waals surface area (Å²) in [6, 6.07) is 0. The van der Waals surface area contributed by atoms with Gasteiger partial charge in [-0.25, -0.2) is 0 Å². The molecule has 0 saturated carbocycles. The molecule has 0 aromatic rings. The molecular weight excluding hydrogens is 262 g/mol. The highest BCUT2D eigenvalue weighted by Crippen LogP contribution is 2.26. The molecule has 0 bridgehead atoms. The van der Waals surface area contributed by atoms with Crippen molar-refractivity contribution in [3.63, 3.8) is 0 Å². The van der Waals surface area contributed by atoms with Gasteiger partial charge in [0.05, 0.1) is 20.1 Å². The fourth-order valence-electron chi connectivity index (χ4n) is 2.16. The van der Waals surface area contributed by atoms with Crippen molar-refractivity contribution in [1.29, 1.82) is 0 Å². The van der Waals surface area contributed by atoms with Gasteiger partial charge in [0.15, 0.2) is 0 Å². The van der Waals surface area contributed by atoms with E-state index in [2.05, 4.69) is 10.1 Å². The van der Waals surface area contributed by atoms with Crippen LogP contribution in [-0.4, -0.2) is 49.9 Å². The van der Waals surface area contributed by atoms with Gasteiger partial charge in [-0.3, -0.25) is 9.59 Å². The molecule has 1 aliphatic rings. The number of esters is 2. The van der Waals surface area contributed by atoms with Gasteiger partial charge in [-0.1, -0.05) is 0 Å². The number of hydrogen-bond acceptors (Lipinski definition) is 6. The smallest absolute Gasteiger partial charge is 0.319 e. The predicted octanol–water partition coefficient (Wildman–Crippen LogP) is 1.03. The second-order valence-corrected chi connectivity index (χ2v) is 6.09. The first-order chi connectivity index (χ1) is 9.26. The number of carbonyl (C=O) groups is 2. The summed E-state index contributed by atoms with van der Waals surface area (Å²) < 4.78 is 15.3. The average Bonchev–Trinajstić information content (AvgIpc) is 2.34. The Balaban J connectivity index is 2.63. The zero-order valence-corrected chi connectivity index (χ0v) is 12.8. The molecule has 0 aliphatic carbocycles. The van der Waals surface area contributed by atoms with Crippen molar-refractivity contribution < 1.29 is 23.8 Å². The molecule has 1 rings (SSSR count). The molecule has 20 heavy (non-hydrogen) atoms. The van der Waals surface area contributed by atoms with Gasteiger partial charge in [0, 0.05) is 18.8 Å². The minimum absolute atomic E-state index is 0.0826. The first-order valence-electron chi connectivity index (χ1n) is 6.88. The highest BCUT2D eigenvalue weighted by molar-refractivity contribution is 5.73. The lowest BCUT2D eigenvalue weighted by Crippen LogP contribution is -2.53. The molecular formula is C14H25NO5. The van der Waals surface area contributed by atoms with Crippen LogP contribution in [0.4, 0.5) is 0 Å². The molecule has 0 unspecified atom stereocenters. The molecule has 0 aromatic carbocycles. The van der Waals surface area contributed by atoms with Crippen molar-refractivity contribution in [2.24, 2.45) is 0 Å². The van der Waals surface area contributed by atoms with E-state index in [9.17, 15) is 9.59 Å². The van der Waals surface area contributed by atoms with Gasteiger partial charge in [0.2, 0.25) is 0 Å². The van der Waals surface area contributed by atoms with Crippen LogP contribution in [0.25, 0.3) is 0 Å². The summed E-state index contributed by atoms with van der Waals surface area (Å²) in [6.07, 6.45) is 1.57. The second kappa shape index (κ2) is 7.04. The topological polar surface area (TPSA) is 73.9 Å². The predicted molar refractivity (Wildman–Crippen MR) is 73.3 cm³/mol. The van der Waals surface area contributed by atoms with Gasteiger partial charge >= 0.3 is 11.9 Å². The van der Waals surface area contributed by atoms with E-state index in [1.807, 2.05) is 20.8 Å². The lowest BCUT2D eigenvalue weighted by atomic mass is 9.86. The molecule has 0 radical (unpaired) electrons. The van der Waals surface area contributed by atoms with Gasteiger partial charge < -0.3 is 19.5 Å². The molecule has 1 N–H and O–H groups in total. The lowest BCUT2D eigenvalue weighted by molar-refractivity contribution is -0.158. The standard InChI is InChI=1S/C14H25NO5/c1-13(2,3)20-11(16)9-14(5-7-19-8-6-14)15-10-12(17)18-4/h15H,5-10H2,1-4H3. The molecule has 6 heteroatoms. The van der Waals surface area contributed by atoms with Crippen LogP contribution < -0.4 is 5.32 Å². The van der Waals surface area contributed by atoms with Crippen LogP contribution in [0.5, 0.6) is 0 Å². The summed E-state index contributed by atoms with van der Waals surface area (Å²) in [6.45, 7) is 6.73. The van der Waals surface area contributed by atoms with E-state index in [0.717, 1.165) is 0 Å². The zero-order valence-electron chi connectivity index (χ0n) is 12.8. The van der Waals surface area contributed by atoms with Gasteiger partial charge in [0.1, 0.15) is 5.60 Å². The Kier molecular flexibility index (Phi) is 5.95. The lowest BCUT2D eigenvalue weighted by Gasteiger charge is -2.37. The van der Waals surface area contributed by atoms with Crippen molar-refractivity contribution in [3.05, 3.63) is 0 Å². The van der Waals surface area contributed by atoms with Crippen molar-refractivity contribution >= 4 is 11.9 Å². The largest absolute Gasteiger partial charge is 0.468 e.